The molecule has 5 nitrogen and oxygen atoms in total. The van der Waals surface area contributed by atoms with Crippen LogP contribution in [0.5, 0.6) is 23.0 Å². The lowest BCUT2D eigenvalue weighted by atomic mass is 10.1. The van der Waals surface area contributed by atoms with E-state index in [1.807, 2.05) is 38.1 Å². The molecule has 2 aromatic rings. The maximum absolute atomic E-state index is 9.25. The molecule has 0 radical (unpaired) electrons. The summed E-state index contributed by atoms with van der Waals surface area (Å²) < 4.78 is 14.7. The molecule has 0 bridgehead atoms. The summed E-state index contributed by atoms with van der Waals surface area (Å²) in [6.45, 7) is 12.9. The van der Waals surface area contributed by atoms with Crippen molar-refractivity contribution in [3.63, 3.8) is 0 Å². The lowest BCUT2D eigenvalue weighted by molar-refractivity contribution is 0.162. The van der Waals surface area contributed by atoms with Crippen molar-refractivity contribution >= 4 is 0 Å². The van der Waals surface area contributed by atoms with Crippen LogP contribution in [0.4, 0.5) is 0 Å². The van der Waals surface area contributed by atoms with Gasteiger partial charge in [0.2, 0.25) is 0 Å². The summed E-state index contributed by atoms with van der Waals surface area (Å²) in [7, 11) is 3.07. The van der Waals surface area contributed by atoms with Crippen molar-refractivity contribution in [1.29, 1.82) is 0 Å². The van der Waals surface area contributed by atoms with Gasteiger partial charge >= 0.3 is 0 Å². The Morgan fingerprint density at radius 2 is 1.14 bits per heavy atom. The number of phenols is 2. The van der Waals surface area contributed by atoms with Gasteiger partial charge in [0, 0.05) is 13.2 Å². The number of rotatable bonds is 8. The van der Waals surface area contributed by atoms with Gasteiger partial charge in [-0.05, 0) is 62.1 Å². The van der Waals surface area contributed by atoms with Gasteiger partial charge in [0.25, 0.3) is 0 Å². The van der Waals surface area contributed by atoms with Gasteiger partial charge in [0.05, 0.1) is 14.2 Å². The fourth-order valence-electron chi connectivity index (χ4n) is 2.24. The van der Waals surface area contributed by atoms with E-state index in [2.05, 4.69) is 13.2 Å². The maximum Gasteiger partial charge on any atom is 0.160 e. The van der Waals surface area contributed by atoms with E-state index in [0.29, 0.717) is 11.5 Å². The zero-order chi connectivity index (χ0) is 22.1. The van der Waals surface area contributed by atoms with Gasteiger partial charge in [-0.25, -0.2) is 0 Å². The number of hydrogen-bond acceptors (Lipinski definition) is 5. The molecule has 0 spiro atoms. The molecule has 0 amide bonds. The Balaban J connectivity index is 0.000000442. The third-order valence-electron chi connectivity index (χ3n) is 3.66. The number of phenolic OH excluding ortho intramolecular Hbond substituents is 2. The highest BCUT2D eigenvalue weighted by molar-refractivity contribution is 5.42. The molecule has 0 aliphatic heterocycles. The number of ether oxygens (including phenoxy) is 3. The van der Waals surface area contributed by atoms with Crippen LogP contribution in [0.1, 0.15) is 25.0 Å². The third kappa shape index (κ3) is 10.9. The average Bonchev–Trinajstić information content (AvgIpc) is 2.73. The molecular weight excluding hydrogens is 368 g/mol. The van der Waals surface area contributed by atoms with Gasteiger partial charge in [0.1, 0.15) is 0 Å². The Labute approximate surface area is 174 Å². The third-order valence-corrected chi connectivity index (χ3v) is 3.66. The average molecular weight is 403 g/mol. The molecule has 0 unspecified atom stereocenters. The van der Waals surface area contributed by atoms with E-state index in [1.165, 1.54) is 14.2 Å². The number of benzene rings is 2. The Kier molecular flexibility index (Phi) is 14.5. The first-order valence-electron chi connectivity index (χ1n) is 9.48. The molecule has 0 saturated heterocycles. The maximum atomic E-state index is 9.25. The zero-order valence-electron chi connectivity index (χ0n) is 18.0. The normalized spacial score (nSPS) is 9.24. The number of allylic oxidation sites excluding steroid dienone is 2. The highest BCUT2D eigenvalue weighted by atomic mass is 16.5. The van der Waals surface area contributed by atoms with Crippen LogP contribution >= 0.6 is 0 Å². The molecule has 0 aliphatic carbocycles. The standard InChI is InChI=1S/2C10H12O2.C4H10O/c2*1-3-4-8-5-6-9(11)10(7-8)12-2;1-3-5-4-2/h2*3,5-7,11H,1,4H2,2H3;3-4H2,1-2H3. The first-order valence-corrected chi connectivity index (χ1v) is 9.48. The van der Waals surface area contributed by atoms with Gasteiger partial charge in [-0.3, -0.25) is 0 Å². The van der Waals surface area contributed by atoms with Crippen molar-refractivity contribution in [2.75, 3.05) is 27.4 Å². The second kappa shape index (κ2) is 16.1. The Morgan fingerprint density at radius 1 is 0.759 bits per heavy atom. The summed E-state index contributed by atoms with van der Waals surface area (Å²) in [6.07, 6.45) is 5.20. The largest absolute Gasteiger partial charge is 0.504 e. The van der Waals surface area contributed by atoms with Crippen molar-refractivity contribution in [2.24, 2.45) is 0 Å². The van der Waals surface area contributed by atoms with Gasteiger partial charge in [-0.15, -0.1) is 13.2 Å². The van der Waals surface area contributed by atoms with Crippen LogP contribution in [-0.2, 0) is 17.6 Å². The minimum absolute atomic E-state index is 0.172. The molecule has 29 heavy (non-hydrogen) atoms. The van der Waals surface area contributed by atoms with Crippen LogP contribution < -0.4 is 9.47 Å². The summed E-state index contributed by atoms with van der Waals surface area (Å²) in [5, 5.41) is 18.5. The lowest BCUT2D eigenvalue weighted by Gasteiger charge is -2.04. The number of methoxy groups -OCH3 is 2. The van der Waals surface area contributed by atoms with Crippen LogP contribution in [0.15, 0.2) is 61.7 Å². The van der Waals surface area contributed by atoms with E-state index < -0.39 is 0 Å². The van der Waals surface area contributed by atoms with Crippen LogP contribution in [0.3, 0.4) is 0 Å². The van der Waals surface area contributed by atoms with Gasteiger partial charge < -0.3 is 24.4 Å². The van der Waals surface area contributed by atoms with E-state index in [0.717, 1.165) is 37.2 Å². The quantitative estimate of drug-likeness (QED) is 0.586. The van der Waals surface area contributed by atoms with Gasteiger partial charge in [-0.2, -0.15) is 0 Å². The molecular formula is C24H34O5. The van der Waals surface area contributed by atoms with E-state index in [1.54, 1.807) is 24.3 Å². The summed E-state index contributed by atoms with van der Waals surface area (Å²) >= 11 is 0. The first kappa shape index (κ1) is 26.1. The second-order valence-corrected chi connectivity index (χ2v) is 5.78. The molecule has 0 aliphatic rings. The van der Waals surface area contributed by atoms with Gasteiger partial charge in [-0.1, -0.05) is 24.3 Å². The number of hydrogen-bond donors (Lipinski definition) is 2. The Hall–Kier alpha value is -2.92. The number of aromatic hydroxyl groups is 2. The molecule has 0 saturated carbocycles. The molecule has 2 aromatic carbocycles. The fraction of sp³-hybridized carbons (Fsp3) is 0.333. The SMILES string of the molecule is C=CCc1ccc(O)c(OC)c1.C=CCc1ccc(O)c(OC)c1.CCOCC. The second-order valence-electron chi connectivity index (χ2n) is 5.78. The summed E-state index contributed by atoms with van der Waals surface area (Å²) in [4.78, 5) is 0. The molecule has 2 rings (SSSR count). The Bertz CT molecular complexity index is 664. The summed E-state index contributed by atoms with van der Waals surface area (Å²) in [5.41, 5.74) is 2.17. The smallest absolute Gasteiger partial charge is 0.160 e. The van der Waals surface area contributed by atoms with Crippen LogP contribution in [-0.4, -0.2) is 37.6 Å². The molecule has 5 heteroatoms. The predicted molar refractivity (Wildman–Crippen MR) is 119 cm³/mol. The summed E-state index contributed by atoms with van der Waals surface area (Å²) in [5.74, 6) is 1.36. The molecule has 0 aromatic heterocycles. The zero-order valence-corrected chi connectivity index (χ0v) is 18.0. The van der Waals surface area contributed by atoms with Crippen LogP contribution in [0.25, 0.3) is 0 Å². The van der Waals surface area contributed by atoms with Crippen molar-refractivity contribution in [2.45, 2.75) is 26.7 Å². The van der Waals surface area contributed by atoms with Crippen LogP contribution in [0, 0.1) is 0 Å². The topological polar surface area (TPSA) is 68.2 Å². The molecule has 2 N–H and O–H groups in total. The molecule has 0 atom stereocenters. The van der Waals surface area contributed by atoms with Crippen molar-refractivity contribution in [3.05, 3.63) is 72.8 Å². The Morgan fingerprint density at radius 3 is 1.38 bits per heavy atom. The minimum atomic E-state index is 0.172. The molecule has 0 heterocycles. The highest BCUT2D eigenvalue weighted by Crippen LogP contribution is 2.27. The van der Waals surface area contributed by atoms with Crippen molar-refractivity contribution in [3.8, 4) is 23.0 Å². The van der Waals surface area contributed by atoms with Crippen molar-refractivity contribution < 1.29 is 24.4 Å². The first-order chi connectivity index (χ1) is 14.0. The predicted octanol–water partition coefficient (Wildman–Crippen LogP) is 5.30. The van der Waals surface area contributed by atoms with E-state index >= 15 is 0 Å². The van der Waals surface area contributed by atoms with E-state index in [9.17, 15) is 10.2 Å². The molecule has 160 valence electrons. The van der Waals surface area contributed by atoms with Crippen LogP contribution in [0.2, 0.25) is 0 Å². The van der Waals surface area contributed by atoms with Crippen molar-refractivity contribution in [1.82, 2.24) is 0 Å². The van der Waals surface area contributed by atoms with E-state index in [-0.39, 0.29) is 11.5 Å². The fourth-order valence-corrected chi connectivity index (χ4v) is 2.24. The van der Waals surface area contributed by atoms with E-state index in [4.69, 9.17) is 14.2 Å². The lowest BCUT2D eigenvalue weighted by Crippen LogP contribution is -1.86. The van der Waals surface area contributed by atoms with Gasteiger partial charge in [0.15, 0.2) is 23.0 Å². The highest BCUT2D eigenvalue weighted by Gasteiger charge is 2.01. The monoisotopic (exact) mass is 402 g/mol. The minimum Gasteiger partial charge on any atom is -0.504 e. The summed E-state index contributed by atoms with van der Waals surface area (Å²) in [6, 6.07) is 10.5. The molecule has 0 fully saturated rings.